The Bertz CT molecular complexity index is 367. The predicted octanol–water partition coefficient (Wildman–Crippen LogP) is 3.57. The average molecular weight is 232 g/mol. The molecule has 1 rings (SSSR count). The van der Waals surface area contributed by atoms with Crippen molar-refractivity contribution in [3.8, 4) is 0 Å². The Morgan fingerprint density at radius 3 is 2.06 bits per heavy atom. The highest BCUT2D eigenvalue weighted by atomic mass is 19.4. The molecule has 0 aliphatic heterocycles. The Labute approximate surface area is 92.9 Å². The normalized spacial score (nSPS) is 16.2. The van der Waals surface area contributed by atoms with E-state index in [-0.39, 0.29) is 11.5 Å². The van der Waals surface area contributed by atoms with Gasteiger partial charge in [0.05, 0.1) is 11.2 Å². The Morgan fingerprint density at radius 2 is 1.62 bits per heavy atom. The van der Waals surface area contributed by atoms with Crippen molar-refractivity contribution in [2.24, 2.45) is 5.92 Å². The van der Waals surface area contributed by atoms with E-state index in [4.69, 9.17) is 0 Å². The largest absolute Gasteiger partial charge is 0.416 e. The molecule has 0 saturated heterocycles. The number of halogens is 3. The van der Waals surface area contributed by atoms with Crippen molar-refractivity contribution in [3.63, 3.8) is 0 Å². The van der Waals surface area contributed by atoms with Crippen LogP contribution in [0.15, 0.2) is 24.3 Å². The number of aliphatic hydroxyl groups is 1. The number of alkyl halides is 3. The number of benzene rings is 1. The molecular formula is C12H15F3O. The fourth-order valence-electron chi connectivity index (χ4n) is 1.34. The first-order valence-electron chi connectivity index (χ1n) is 5.06. The lowest BCUT2D eigenvalue weighted by Gasteiger charge is -2.28. The zero-order chi connectivity index (χ0) is 12.6. The van der Waals surface area contributed by atoms with Gasteiger partial charge in [0.15, 0.2) is 0 Å². The van der Waals surface area contributed by atoms with Crippen LogP contribution < -0.4 is 0 Å². The Morgan fingerprint density at radius 1 is 1.12 bits per heavy atom. The van der Waals surface area contributed by atoms with Crippen LogP contribution in [0, 0.1) is 5.92 Å². The third-order valence-corrected chi connectivity index (χ3v) is 2.90. The molecule has 4 heteroatoms. The topological polar surface area (TPSA) is 20.2 Å². The van der Waals surface area contributed by atoms with Gasteiger partial charge < -0.3 is 5.11 Å². The summed E-state index contributed by atoms with van der Waals surface area (Å²) in [5.74, 6) is -0.156. The molecule has 0 saturated carbocycles. The number of hydrogen-bond acceptors (Lipinski definition) is 1. The maximum Gasteiger partial charge on any atom is 0.416 e. The molecule has 0 aliphatic rings. The van der Waals surface area contributed by atoms with E-state index in [1.807, 2.05) is 0 Å². The molecule has 1 N–H and O–H groups in total. The lowest BCUT2D eigenvalue weighted by Crippen LogP contribution is -2.28. The minimum absolute atomic E-state index is 0.156. The van der Waals surface area contributed by atoms with Crippen molar-refractivity contribution >= 4 is 0 Å². The monoisotopic (exact) mass is 232 g/mol. The molecule has 90 valence electrons. The van der Waals surface area contributed by atoms with E-state index in [9.17, 15) is 18.3 Å². The van der Waals surface area contributed by atoms with Gasteiger partial charge in [-0.1, -0.05) is 26.0 Å². The summed E-state index contributed by atoms with van der Waals surface area (Å²) in [6, 6.07) is 4.82. The van der Waals surface area contributed by atoms with Gasteiger partial charge in [0.25, 0.3) is 0 Å². The average Bonchev–Trinajstić information content (AvgIpc) is 2.16. The first-order chi connectivity index (χ1) is 7.15. The molecule has 0 fully saturated rings. The zero-order valence-electron chi connectivity index (χ0n) is 9.47. The first-order valence-corrected chi connectivity index (χ1v) is 5.06. The van der Waals surface area contributed by atoms with Crippen molar-refractivity contribution in [1.82, 2.24) is 0 Å². The smallest absolute Gasteiger partial charge is 0.385 e. The van der Waals surface area contributed by atoms with Crippen molar-refractivity contribution < 1.29 is 18.3 Å². The summed E-state index contributed by atoms with van der Waals surface area (Å²) in [5.41, 5.74) is -1.69. The molecule has 16 heavy (non-hydrogen) atoms. The molecule has 0 heterocycles. The van der Waals surface area contributed by atoms with Gasteiger partial charge in [0, 0.05) is 0 Å². The lowest BCUT2D eigenvalue weighted by molar-refractivity contribution is -0.137. The SMILES string of the molecule is CC(C)C(C)(O)c1cccc(C(F)(F)F)c1. The maximum atomic E-state index is 12.5. The zero-order valence-corrected chi connectivity index (χ0v) is 9.47. The molecule has 0 bridgehead atoms. The van der Waals surface area contributed by atoms with Crippen LogP contribution >= 0.6 is 0 Å². The van der Waals surface area contributed by atoms with E-state index in [0.29, 0.717) is 0 Å². The molecule has 1 aromatic carbocycles. The highest BCUT2D eigenvalue weighted by molar-refractivity contribution is 5.29. The highest BCUT2D eigenvalue weighted by Gasteiger charge is 2.33. The predicted molar refractivity (Wildman–Crippen MR) is 55.9 cm³/mol. The van der Waals surface area contributed by atoms with E-state index < -0.39 is 17.3 Å². The maximum absolute atomic E-state index is 12.5. The van der Waals surface area contributed by atoms with E-state index in [0.717, 1.165) is 12.1 Å². The first kappa shape index (κ1) is 13.0. The molecule has 0 aromatic heterocycles. The van der Waals surface area contributed by atoms with Crippen molar-refractivity contribution in [2.45, 2.75) is 32.5 Å². The van der Waals surface area contributed by atoms with Gasteiger partial charge in [0.2, 0.25) is 0 Å². The summed E-state index contributed by atoms with van der Waals surface area (Å²) in [6.45, 7) is 5.05. The van der Waals surface area contributed by atoms with Crippen LogP contribution in [0.3, 0.4) is 0 Å². The van der Waals surface area contributed by atoms with E-state index in [2.05, 4.69) is 0 Å². The van der Waals surface area contributed by atoms with Crippen molar-refractivity contribution in [3.05, 3.63) is 35.4 Å². The van der Waals surface area contributed by atoms with Gasteiger partial charge in [-0.25, -0.2) is 0 Å². The Hall–Kier alpha value is -1.03. The standard InChI is InChI=1S/C12H15F3O/c1-8(2)11(3,16)9-5-4-6-10(7-9)12(13,14)15/h4-8,16H,1-3H3. The summed E-state index contributed by atoms with van der Waals surface area (Å²) < 4.78 is 37.4. The molecule has 1 unspecified atom stereocenters. The fraction of sp³-hybridized carbons (Fsp3) is 0.500. The van der Waals surface area contributed by atoms with Gasteiger partial charge in [-0.2, -0.15) is 13.2 Å². The second-order valence-electron chi connectivity index (χ2n) is 4.38. The van der Waals surface area contributed by atoms with Crippen molar-refractivity contribution in [2.75, 3.05) is 0 Å². The second-order valence-corrected chi connectivity index (χ2v) is 4.38. The molecule has 0 radical (unpaired) electrons. The van der Waals surface area contributed by atoms with E-state index in [1.165, 1.54) is 19.1 Å². The van der Waals surface area contributed by atoms with Gasteiger partial charge in [-0.15, -0.1) is 0 Å². The summed E-state index contributed by atoms with van der Waals surface area (Å²) in [7, 11) is 0. The summed E-state index contributed by atoms with van der Waals surface area (Å²) in [6.07, 6.45) is -4.37. The van der Waals surface area contributed by atoms with Gasteiger partial charge in [0.1, 0.15) is 0 Å². The van der Waals surface area contributed by atoms with Crippen LogP contribution in [0.25, 0.3) is 0 Å². The second kappa shape index (κ2) is 4.09. The van der Waals surface area contributed by atoms with Gasteiger partial charge >= 0.3 is 6.18 Å². The van der Waals surface area contributed by atoms with Crippen LogP contribution in [-0.2, 0) is 11.8 Å². The number of hydrogen-bond donors (Lipinski definition) is 1. The lowest BCUT2D eigenvalue weighted by atomic mass is 9.84. The van der Waals surface area contributed by atoms with Crippen LogP contribution in [0.1, 0.15) is 31.9 Å². The Balaban J connectivity index is 3.18. The van der Waals surface area contributed by atoms with E-state index in [1.54, 1.807) is 13.8 Å². The number of rotatable bonds is 2. The fourth-order valence-corrected chi connectivity index (χ4v) is 1.34. The molecule has 0 amide bonds. The van der Waals surface area contributed by atoms with Gasteiger partial charge in [-0.05, 0) is 30.5 Å². The molecule has 1 aromatic rings. The van der Waals surface area contributed by atoms with Crippen molar-refractivity contribution in [1.29, 1.82) is 0 Å². The minimum Gasteiger partial charge on any atom is -0.385 e. The summed E-state index contributed by atoms with van der Waals surface area (Å²) >= 11 is 0. The van der Waals surface area contributed by atoms with Gasteiger partial charge in [-0.3, -0.25) is 0 Å². The van der Waals surface area contributed by atoms with Crippen LogP contribution in [0.4, 0.5) is 13.2 Å². The third-order valence-electron chi connectivity index (χ3n) is 2.90. The molecule has 1 atom stereocenters. The minimum atomic E-state index is -4.37. The molecule has 0 aliphatic carbocycles. The highest BCUT2D eigenvalue weighted by Crippen LogP contribution is 2.34. The van der Waals surface area contributed by atoms with Crippen LogP contribution in [0.2, 0.25) is 0 Å². The quantitative estimate of drug-likeness (QED) is 0.826. The molecular weight excluding hydrogens is 217 g/mol. The molecule has 1 nitrogen and oxygen atoms in total. The summed E-state index contributed by atoms with van der Waals surface area (Å²) in [4.78, 5) is 0. The van der Waals surface area contributed by atoms with Crippen LogP contribution in [0.5, 0.6) is 0 Å². The third kappa shape index (κ3) is 2.55. The van der Waals surface area contributed by atoms with Crippen LogP contribution in [-0.4, -0.2) is 5.11 Å². The van der Waals surface area contributed by atoms with E-state index >= 15 is 0 Å². The Kier molecular flexibility index (Phi) is 3.33. The molecule has 0 spiro atoms. The summed E-state index contributed by atoms with van der Waals surface area (Å²) in [5, 5.41) is 10.1.